The summed E-state index contributed by atoms with van der Waals surface area (Å²) in [7, 11) is 0. The molecule has 0 aliphatic heterocycles. The molecule has 0 fully saturated rings. The fourth-order valence-electron chi connectivity index (χ4n) is 1.19. The van der Waals surface area contributed by atoms with Crippen molar-refractivity contribution in [1.82, 2.24) is 10.1 Å². The van der Waals surface area contributed by atoms with Crippen molar-refractivity contribution >= 4 is 21.9 Å². The van der Waals surface area contributed by atoms with Gasteiger partial charge in [-0.1, -0.05) is 21.1 Å². The van der Waals surface area contributed by atoms with Gasteiger partial charge in [-0.25, -0.2) is 4.79 Å². The molecule has 2 aromatic rings. The first-order chi connectivity index (χ1) is 8.16. The first-order valence-corrected chi connectivity index (χ1v) is 5.37. The van der Waals surface area contributed by atoms with Crippen LogP contribution in [0, 0.1) is 0 Å². The minimum absolute atomic E-state index is 0.0297. The summed E-state index contributed by atoms with van der Waals surface area (Å²) in [6.45, 7) is 0.0297. The van der Waals surface area contributed by atoms with Crippen LogP contribution < -0.4 is 4.74 Å². The lowest BCUT2D eigenvalue weighted by molar-refractivity contribution is 0.0691. The molecular weight excluding hydrogens is 292 g/mol. The minimum atomic E-state index is -1.06. The van der Waals surface area contributed by atoms with Crippen LogP contribution in [-0.4, -0.2) is 21.2 Å². The van der Waals surface area contributed by atoms with Crippen LogP contribution in [0.3, 0.4) is 0 Å². The first-order valence-electron chi connectivity index (χ1n) is 4.58. The Morgan fingerprint density at radius 1 is 1.53 bits per heavy atom. The number of rotatable bonds is 4. The second-order valence-electron chi connectivity index (χ2n) is 3.07. The smallest absolute Gasteiger partial charge is 0.339 e. The van der Waals surface area contributed by atoms with Crippen molar-refractivity contribution in [3.8, 4) is 5.75 Å². The predicted molar refractivity (Wildman–Crippen MR) is 59.7 cm³/mol. The van der Waals surface area contributed by atoms with E-state index in [4.69, 9.17) is 14.4 Å². The molecular formula is C10H7BrN2O4. The molecule has 0 saturated carbocycles. The molecule has 0 spiro atoms. The zero-order valence-corrected chi connectivity index (χ0v) is 10.0. The van der Waals surface area contributed by atoms with Crippen LogP contribution in [0.5, 0.6) is 5.75 Å². The number of aromatic nitrogens is 2. The number of carboxylic acid groups (broad SMARTS) is 1. The van der Waals surface area contributed by atoms with Gasteiger partial charge in [0, 0.05) is 4.47 Å². The van der Waals surface area contributed by atoms with Crippen molar-refractivity contribution in [1.29, 1.82) is 0 Å². The molecule has 0 saturated heterocycles. The van der Waals surface area contributed by atoms with E-state index < -0.39 is 5.97 Å². The highest BCUT2D eigenvalue weighted by atomic mass is 79.9. The molecule has 0 aliphatic carbocycles. The molecule has 1 aromatic heterocycles. The number of carboxylic acids is 1. The number of ether oxygens (including phenoxy) is 1. The number of hydrogen-bond donors (Lipinski definition) is 1. The standard InChI is InChI=1S/C10H7BrN2O4/c11-6-1-2-8(7(3-6)10(14)15)16-4-9-12-5-13-17-9/h1-3,5H,4H2,(H,14,15). The number of halogens is 1. The number of benzene rings is 1. The third-order valence-electron chi connectivity index (χ3n) is 1.93. The summed E-state index contributed by atoms with van der Waals surface area (Å²) in [5.74, 6) is -0.532. The summed E-state index contributed by atoms with van der Waals surface area (Å²) in [6.07, 6.45) is 1.25. The molecule has 0 amide bonds. The van der Waals surface area contributed by atoms with Gasteiger partial charge in [-0.15, -0.1) is 0 Å². The SMILES string of the molecule is O=C(O)c1cc(Br)ccc1OCc1ncno1. The van der Waals surface area contributed by atoms with Gasteiger partial charge in [0.2, 0.25) is 0 Å². The van der Waals surface area contributed by atoms with Crippen LogP contribution in [0.1, 0.15) is 16.2 Å². The minimum Gasteiger partial charge on any atom is -0.483 e. The van der Waals surface area contributed by atoms with Gasteiger partial charge < -0.3 is 14.4 Å². The van der Waals surface area contributed by atoms with Crippen molar-refractivity contribution in [3.05, 3.63) is 40.5 Å². The van der Waals surface area contributed by atoms with Crippen LogP contribution in [-0.2, 0) is 6.61 Å². The van der Waals surface area contributed by atoms with Crippen molar-refractivity contribution in [2.75, 3.05) is 0 Å². The third-order valence-corrected chi connectivity index (χ3v) is 2.42. The lowest BCUT2D eigenvalue weighted by atomic mass is 10.2. The third kappa shape index (κ3) is 2.82. The van der Waals surface area contributed by atoms with Gasteiger partial charge >= 0.3 is 5.97 Å². The summed E-state index contributed by atoms with van der Waals surface area (Å²) in [5, 5.41) is 12.4. The van der Waals surface area contributed by atoms with Gasteiger partial charge in [0.05, 0.1) is 0 Å². The second-order valence-corrected chi connectivity index (χ2v) is 3.98. The fourth-order valence-corrected chi connectivity index (χ4v) is 1.56. The van der Waals surface area contributed by atoms with E-state index in [1.54, 1.807) is 12.1 Å². The van der Waals surface area contributed by atoms with Crippen LogP contribution in [0.15, 0.2) is 33.5 Å². The summed E-state index contributed by atoms with van der Waals surface area (Å²) in [5.41, 5.74) is 0.0684. The quantitative estimate of drug-likeness (QED) is 0.930. The molecule has 1 N–H and O–H groups in total. The first kappa shape index (κ1) is 11.6. The van der Waals surface area contributed by atoms with Crippen LogP contribution >= 0.6 is 15.9 Å². The number of carbonyl (C=O) groups is 1. The maximum absolute atomic E-state index is 11.0. The highest BCUT2D eigenvalue weighted by Crippen LogP contribution is 2.23. The van der Waals surface area contributed by atoms with Crippen LogP contribution in [0.4, 0.5) is 0 Å². The fraction of sp³-hybridized carbons (Fsp3) is 0.100. The van der Waals surface area contributed by atoms with Crippen molar-refractivity contribution in [2.45, 2.75) is 6.61 Å². The zero-order chi connectivity index (χ0) is 12.3. The number of hydrogen-bond acceptors (Lipinski definition) is 5. The van der Waals surface area contributed by atoms with E-state index in [1.807, 2.05) is 0 Å². The Bertz CT molecular complexity index is 527. The molecule has 0 atom stereocenters. The van der Waals surface area contributed by atoms with Crippen molar-refractivity contribution < 1.29 is 19.2 Å². The molecule has 17 heavy (non-hydrogen) atoms. The molecule has 0 radical (unpaired) electrons. The summed E-state index contributed by atoms with van der Waals surface area (Å²) < 4.78 is 10.7. The van der Waals surface area contributed by atoms with Crippen molar-refractivity contribution in [3.63, 3.8) is 0 Å². The Morgan fingerprint density at radius 3 is 3.00 bits per heavy atom. The molecule has 0 unspecified atom stereocenters. The van der Waals surface area contributed by atoms with Crippen molar-refractivity contribution in [2.24, 2.45) is 0 Å². The molecule has 1 heterocycles. The van der Waals surface area contributed by atoms with E-state index >= 15 is 0 Å². The summed E-state index contributed by atoms with van der Waals surface area (Å²) in [6, 6.07) is 4.71. The Balaban J connectivity index is 2.17. The van der Waals surface area contributed by atoms with Gasteiger partial charge in [-0.3, -0.25) is 0 Å². The Hall–Kier alpha value is -1.89. The zero-order valence-electron chi connectivity index (χ0n) is 8.46. The lowest BCUT2D eigenvalue weighted by Gasteiger charge is -2.07. The second kappa shape index (κ2) is 4.96. The maximum Gasteiger partial charge on any atom is 0.339 e. The molecule has 2 rings (SSSR count). The predicted octanol–water partition coefficient (Wildman–Crippen LogP) is 2.11. The van der Waals surface area contributed by atoms with E-state index in [-0.39, 0.29) is 23.8 Å². The van der Waals surface area contributed by atoms with Gasteiger partial charge in [-0.2, -0.15) is 4.98 Å². The highest BCUT2D eigenvalue weighted by Gasteiger charge is 2.12. The van der Waals surface area contributed by atoms with Crippen LogP contribution in [0.2, 0.25) is 0 Å². The topological polar surface area (TPSA) is 85.5 Å². The van der Waals surface area contributed by atoms with Crippen LogP contribution in [0.25, 0.3) is 0 Å². The molecule has 0 aliphatic rings. The van der Waals surface area contributed by atoms with E-state index in [1.165, 1.54) is 12.4 Å². The van der Waals surface area contributed by atoms with Gasteiger partial charge in [0.15, 0.2) is 12.9 Å². The summed E-state index contributed by atoms with van der Waals surface area (Å²) >= 11 is 3.19. The van der Waals surface area contributed by atoms with Gasteiger partial charge in [0.1, 0.15) is 11.3 Å². The molecule has 0 bridgehead atoms. The average Bonchev–Trinajstić information content (AvgIpc) is 2.80. The molecule has 1 aromatic carbocycles. The average molecular weight is 299 g/mol. The number of aromatic carboxylic acids is 1. The van der Waals surface area contributed by atoms with E-state index in [2.05, 4.69) is 26.1 Å². The maximum atomic E-state index is 11.0. The highest BCUT2D eigenvalue weighted by molar-refractivity contribution is 9.10. The van der Waals surface area contributed by atoms with E-state index in [0.29, 0.717) is 4.47 Å². The summed E-state index contributed by atoms with van der Waals surface area (Å²) in [4.78, 5) is 14.7. The monoisotopic (exact) mass is 298 g/mol. The Kier molecular flexibility index (Phi) is 3.38. The Morgan fingerprint density at radius 2 is 2.35 bits per heavy atom. The molecule has 7 heteroatoms. The van der Waals surface area contributed by atoms with E-state index in [9.17, 15) is 4.79 Å². The Labute approximate surface area is 104 Å². The van der Waals surface area contributed by atoms with E-state index in [0.717, 1.165) is 0 Å². The molecule has 88 valence electrons. The van der Waals surface area contributed by atoms with Gasteiger partial charge in [-0.05, 0) is 18.2 Å². The molecule has 6 nitrogen and oxygen atoms in total. The normalized spacial score (nSPS) is 10.2. The number of nitrogens with zero attached hydrogens (tertiary/aromatic N) is 2. The largest absolute Gasteiger partial charge is 0.483 e. The lowest BCUT2D eigenvalue weighted by Crippen LogP contribution is -2.03. The van der Waals surface area contributed by atoms with Gasteiger partial charge in [0.25, 0.3) is 5.89 Å².